The predicted molar refractivity (Wildman–Crippen MR) is 130 cm³/mol. The first-order valence-electron chi connectivity index (χ1n) is 11.7. The number of carbonyl (C=O) groups is 1. The van der Waals surface area contributed by atoms with Crippen molar-refractivity contribution in [2.45, 2.75) is 68.1 Å². The highest BCUT2D eigenvalue weighted by molar-refractivity contribution is 7.92. The molecule has 0 bridgehead atoms. The molecule has 4 rings (SSSR count). The van der Waals surface area contributed by atoms with Crippen molar-refractivity contribution < 1.29 is 17.9 Å². The Kier molecular flexibility index (Phi) is 7.74. The molecule has 184 valence electrons. The van der Waals surface area contributed by atoms with Crippen molar-refractivity contribution in [1.29, 1.82) is 0 Å². The van der Waals surface area contributed by atoms with E-state index in [0.717, 1.165) is 25.7 Å². The maximum atomic E-state index is 13.4. The number of hydrogen-bond acceptors (Lipinski definition) is 6. The number of amides is 1. The Hall–Kier alpha value is -2.23. The summed E-state index contributed by atoms with van der Waals surface area (Å²) in [5.74, 6) is 0.159. The second-order valence-corrected chi connectivity index (χ2v) is 11.8. The van der Waals surface area contributed by atoms with Gasteiger partial charge in [-0.15, -0.1) is 0 Å². The van der Waals surface area contributed by atoms with E-state index in [1.165, 1.54) is 22.9 Å². The third-order valence-electron chi connectivity index (χ3n) is 6.79. The van der Waals surface area contributed by atoms with Crippen molar-refractivity contribution in [1.82, 2.24) is 9.55 Å². The molecule has 10 heteroatoms. The molecular weight excluding hydrogens is 478 g/mol. The second kappa shape index (κ2) is 10.6. The highest BCUT2D eigenvalue weighted by Gasteiger charge is 2.33. The van der Waals surface area contributed by atoms with Crippen molar-refractivity contribution in [3.8, 4) is 0 Å². The molecule has 2 aromatic rings. The summed E-state index contributed by atoms with van der Waals surface area (Å²) in [6.45, 7) is 2.91. The van der Waals surface area contributed by atoms with E-state index >= 15 is 0 Å². The summed E-state index contributed by atoms with van der Waals surface area (Å²) in [6, 6.07) is 5.11. The lowest BCUT2D eigenvalue weighted by Crippen LogP contribution is -2.37. The van der Waals surface area contributed by atoms with Gasteiger partial charge in [0.25, 0.3) is 5.56 Å². The number of hydrogen-bond donors (Lipinski definition) is 1. The minimum absolute atomic E-state index is 0.0442. The number of nitrogens with zero attached hydrogens (tertiary/aromatic N) is 2. The van der Waals surface area contributed by atoms with Crippen molar-refractivity contribution in [3.63, 3.8) is 0 Å². The van der Waals surface area contributed by atoms with E-state index in [1.54, 1.807) is 19.1 Å². The second-order valence-electron chi connectivity index (χ2n) is 9.15. The molecule has 3 heterocycles. The quantitative estimate of drug-likeness (QED) is 0.608. The molecule has 1 amide bonds. The minimum atomic E-state index is -3.58. The van der Waals surface area contributed by atoms with E-state index in [-0.39, 0.29) is 16.7 Å². The summed E-state index contributed by atoms with van der Waals surface area (Å²) in [4.78, 5) is 30.8. The third-order valence-corrected chi connectivity index (χ3v) is 9.26. The summed E-state index contributed by atoms with van der Waals surface area (Å²) in [5, 5.41) is 2.79. The molecule has 2 aliphatic rings. The Morgan fingerprint density at radius 2 is 1.91 bits per heavy atom. The van der Waals surface area contributed by atoms with E-state index in [9.17, 15) is 18.0 Å². The average molecular weight is 508 g/mol. The van der Waals surface area contributed by atoms with Gasteiger partial charge in [-0.1, -0.05) is 24.4 Å². The SMILES string of the molecule is Cc1cc(S(=O)(=O)C2CCCC2)cc(=O)n1C(CC1CCOCC1)C(=O)Nc1ccc(Cl)cn1. The van der Waals surface area contributed by atoms with Gasteiger partial charge in [-0.05, 0) is 63.1 Å². The Balaban J connectivity index is 1.67. The Labute approximate surface area is 204 Å². The van der Waals surface area contributed by atoms with Gasteiger partial charge in [-0.3, -0.25) is 9.59 Å². The molecule has 0 aromatic carbocycles. The number of ether oxygens (including phenoxy) is 1. The topological polar surface area (TPSA) is 107 Å². The van der Waals surface area contributed by atoms with Gasteiger partial charge in [0.05, 0.1) is 15.2 Å². The van der Waals surface area contributed by atoms with Crippen LogP contribution in [-0.4, -0.2) is 42.3 Å². The first-order chi connectivity index (χ1) is 16.3. The zero-order valence-corrected chi connectivity index (χ0v) is 20.8. The Bertz CT molecular complexity index is 1180. The zero-order valence-electron chi connectivity index (χ0n) is 19.2. The smallest absolute Gasteiger partial charge is 0.252 e. The molecule has 0 spiro atoms. The highest BCUT2D eigenvalue weighted by Crippen LogP contribution is 2.31. The zero-order chi connectivity index (χ0) is 24.3. The molecule has 1 N–H and O–H groups in total. The van der Waals surface area contributed by atoms with Gasteiger partial charge < -0.3 is 14.6 Å². The number of halogens is 1. The van der Waals surface area contributed by atoms with Crippen LogP contribution in [0.25, 0.3) is 0 Å². The molecule has 1 unspecified atom stereocenters. The normalized spacial score (nSPS) is 18.6. The van der Waals surface area contributed by atoms with Gasteiger partial charge in [0.2, 0.25) is 5.91 Å². The van der Waals surface area contributed by atoms with Gasteiger partial charge in [0.1, 0.15) is 11.9 Å². The fourth-order valence-corrected chi connectivity index (χ4v) is 6.97. The van der Waals surface area contributed by atoms with Gasteiger partial charge in [0, 0.05) is 31.2 Å². The van der Waals surface area contributed by atoms with E-state index in [2.05, 4.69) is 10.3 Å². The summed E-state index contributed by atoms with van der Waals surface area (Å²) >= 11 is 5.89. The fourth-order valence-electron chi connectivity index (χ4n) is 4.92. The van der Waals surface area contributed by atoms with Crippen LogP contribution in [0, 0.1) is 12.8 Å². The number of nitrogens with one attached hydrogen (secondary N) is 1. The number of sulfone groups is 1. The molecule has 34 heavy (non-hydrogen) atoms. The maximum absolute atomic E-state index is 13.4. The Morgan fingerprint density at radius 3 is 2.53 bits per heavy atom. The lowest BCUT2D eigenvalue weighted by Gasteiger charge is -2.28. The molecular formula is C24H30ClN3O5S. The predicted octanol–water partition coefficient (Wildman–Crippen LogP) is 3.92. The van der Waals surface area contributed by atoms with Crippen LogP contribution >= 0.6 is 11.6 Å². The van der Waals surface area contributed by atoms with Crippen molar-refractivity contribution >= 4 is 33.2 Å². The van der Waals surface area contributed by atoms with Crippen LogP contribution in [0.1, 0.15) is 56.7 Å². The van der Waals surface area contributed by atoms with Crippen LogP contribution in [0.2, 0.25) is 5.02 Å². The minimum Gasteiger partial charge on any atom is -0.381 e. The van der Waals surface area contributed by atoms with Gasteiger partial charge in [0.15, 0.2) is 9.84 Å². The number of aryl methyl sites for hydroxylation is 1. The lowest BCUT2D eigenvalue weighted by molar-refractivity contribution is -0.120. The number of anilines is 1. The molecule has 2 fully saturated rings. The van der Waals surface area contributed by atoms with Crippen LogP contribution in [0.5, 0.6) is 0 Å². The van der Waals surface area contributed by atoms with E-state index in [0.29, 0.717) is 49.0 Å². The number of pyridine rings is 2. The first-order valence-corrected chi connectivity index (χ1v) is 13.7. The molecule has 1 atom stereocenters. The molecule has 0 radical (unpaired) electrons. The monoisotopic (exact) mass is 507 g/mol. The maximum Gasteiger partial charge on any atom is 0.252 e. The largest absolute Gasteiger partial charge is 0.381 e. The number of rotatable bonds is 7. The van der Waals surface area contributed by atoms with Crippen LogP contribution in [0.3, 0.4) is 0 Å². The van der Waals surface area contributed by atoms with Crippen LogP contribution < -0.4 is 10.9 Å². The van der Waals surface area contributed by atoms with E-state index < -0.39 is 26.7 Å². The van der Waals surface area contributed by atoms with Gasteiger partial charge >= 0.3 is 0 Å². The summed E-state index contributed by atoms with van der Waals surface area (Å²) in [7, 11) is -3.58. The van der Waals surface area contributed by atoms with E-state index in [4.69, 9.17) is 16.3 Å². The first kappa shape index (κ1) is 24.9. The van der Waals surface area contributed by atoms with Crippen LogP contribution in [0.4, 0.5) is 5.82 Å². The van der Waals surface area contributed by atoms with Crippen molar-refractivity contribution in [3.05, 3.63) is 51.5 Å². The standard InChI is InChI=1S/C24H30ClN3O5S/c1-16-12-20(34(31,32)19-4-2-3-5-19)14-23(29)28(16)21(13-17-8-10-33-11-9-17)24(30)27-22-7-6-18(25)15-26-22/h6-7,12,14-15,17,19,21H,2-5,8-11,13H2,1H3,(H,26,27,30). The van der Waals surface area contributed by atoms with Crippen molar-refractivity contribution in [2.24, 2.45) is 5.92 Å². The number of carbonyl (C=O) groups excluding carboxylic acids is 1. The lowest BCUT2D eigenvalue weighted by atomic mass is 9.91. The van der Waals surface area contributed by atoms with Crippen LogP contribution in [-0.2, 0) is 19.4 Å². The summed E-state index contributed by atoms with van der Waals surface area (Å²) < 4.78 is 33.0. The van der Waals surface area contributed by atoms with Crippen molar-refractivity contribution in [2.75, 3.05) is 18.5 Å². The molecule has 8 nitrogen and oxygen atoms in total. The molecule has 1 saturated heterocycles. The highest BCUT2D eigenvalue weighted by atomic mass is 35.5. The molecule has 2 aromatic heterocycles. The van der Waals surface area contributed by atoms with E-state index in [1.807, 2.05) is 0 Å². The summed E-state index contributed by atoms with van der Waals surface area (Å²) in [6.07, 6.45) is 6.47. The van der Waals surface area contributed by atoms with Crippen LogP contribution in [0.15, 0.2) is 40.2 Å². The van der Waals surface area contributed by atoms with Gasteiger partial charge in [-0.25, -0.2) is 13.4 Å². The van der Waals surface area contributed by atoms with Gasteiger partial charge in [-0.2, -0.15) is 0 Å². The fraction of sp³-hybridized carbons (Fsp3) is 0.542. The summed E-state index contributed by atoms with van der Waals surface area (Å²) in [5.41, 5.74) is -0.0480. The average Bonchev–Trinajstić information content (AvgIpc) is 3.36. The molecule has 1 aliphatic heterocycles. The number of aromatic nitrogens is 2. The molecule has 1 saturated carbocycles. The third kappa shape index (κ3) is 5.53. The Morgan fingerprint density at radius 1 is 1.21 bits per heavy atom. The molecule has 1 aliphatic carbocycles.